The van der Waals surface area contributed by atoms with Crippen LogP contribution in [0.5, 0.6) is 0 Å². The minimum Gasteiger partial charge on any atom is -0.375 e. The van der Waals surface area contributed by atoms with Crippen LogP contribution in [-0.2, 0) is 19.1 Å². The Kier molecular flexibility index (Phi) is 10.0. The first-order valence-electron chi connectivity index (χ1n) is 13.8. The standard InChI is InChI=1S/C31H32F5N3O4/c1-20-7-6-8-21(17-20)19-43-16-15-39-25-12-5-4-10-23(25)22-9-2-3-11-24(22)28(29(39)42)38-27(41)18-26(40)37-14-13-30(32,33)31(34,35)36/h2-6,8-12,17,20,28H,7,13-16,18-19H2,1H3,(H,37,40)(H,38,41)/t20?,28-/m0/s1. The normalized spacial score (nSPS) is 18.3. The van der Waals surface area contributed by atoms with Crippen LogP contribution >= 0.6 is 0 Å². The van der Waals surface area contributed by atoms with E-state index in [0.717, 1.165) is 17.6 Å². The summed E-state index contributed by atoms with van der Waals surface area (Å²) >= 11 is 0. The molecular weight excluding hydrogens is 573 g/mol. The summed E-state index contributed by atoms with van der Waals surface area (Å²) in [6.45, 7) is 1.85. The third-order valence-electron chi connectivity index (χ3n) is 7.14. The minimum atomic E-state index is -5.75. The van der Waals surface area contributed by atoms with Gasteiger partial charge in [-0.25, -0.2) is 0 Å². The predicted molar refractivity (Wildman–Crippen MR) is 150 cm³/mol. The van der Waals surface area contributed by atoms with E-state index in [0.29, 0.717) is 29.3 Å². The Balaban J connectivity index is 1.46. The van der Waals surface area contributed by atoms with Crippen molar-refractivity contribution in [3.8, 4) is 11.1 Å². The summed E-state index contributed by atoms with van der Waals surface area (Å²) in [6, 6.07) is 13.0. The van der Waals surface area contributed by atoms with Crippen LogP contribution in [0.15, 0.2) is 72.3 Å². The summed E-state index contributed by atoms with van der Waals surface area (Å²) in [7, 11) is 0. The molecule has 12 heteroatoms. The zero-order chi connectivity index (χ0) is 31.2. The molecule has 43 heavy (non-hydrogen) atoms. The third kappa shape index (κ3) is 7.86. The first kappa shape index (κ1) is 31.9. The van der Waals surface area contributed by atoms with Gasteiger partial charge in [0.2, 0.25) is 11.8 Å². The van der Waals surface area contributed by atoms with Crippen LogP contribution in [0, 0.1) is 5.92 Å². The van der Waals surface area contributed by atoms with Gasteiger partial charge in [0.1, 0.15) is 12.5 Å². The summed E-state index contributed by atoms with van der Waals surface area (Å²) in [6.07, 6.45) is -1.11. The Morgan fingerprint density at radius 3 is 2.42 bits per heavy atom. The highest BCUT2D eigenvalue weighted by molar-refractivity contribution is 6.07. The highest BCUT2D eigenvalue weighted by Crippen LogP contribution is 2.40. The number of allylic oxidation sites excluding steroid dienone is 2. The molecule has 3 amide bonds. The quantitative estimate of drug-likeness (QED) is 0.202. The second-order valence-electron chi connectivity index (χ2n) is 10.5. The van der Waals surface area contributed by atoms with Crippen LogP contribution in [-0.4, -0.2) is 56.1 Å². The Hall–Kier alpha value is -4.06. The summed E-state index contributed by atoms with van der Waals surface area (Å²) in [5, 5.41) is 4.47. The zero-order valence-electron chi connectivity index (χ0n) is 23.4. The fourth-order valence-electron chi connectivity index (χ4n) is 4.99. The van der Waals surface area contributed by atoms with E-state index in [2.05, 4.69) is 24.4 Å². The van der Waals surface area contributed by atoms with Gasteiger partial charge in [-0.1, -0.05) is 67.6 Å². The fraction of sp³-hybridized carbons (Fsp3) is 0.387. The Morgan fingerprint density at radius 1 is 1.00 bits per heavy atom. The van der Waals surface area contributed by atoms with Crippen LogP contribution < -0.4 is 15.5 Å². The number of carbonyl (C=O) groups excluding carboxylic acids is 3. The van der Waals surface area contributed by atoms with Crippen molar-refractivity contribution in [2.75, 3.05) is 31.2 Å². The van der Waals surface area contributed by atoms with E-state index in [1.165, 1.54) is 4.90 Å². The van der Waals surface area contributed by atoms with Crippen molar-refractivity contribution in [3.05, 3.63) is 77.9 Å². The van der Waals surface area contributed by atoms with E-state index >= 15 is 0 Å². The molecule has 230 valence electrons. The topological polar surface area (TPSA) is 87.7 Å². The summed E-state index contributed by atoms with van der Waals surface area (Å²) in [4.78, 5) is 40.5. The van der Waals surface area contributed by atoms with Gasteiger partial charge in [0.05, 0.1) is 18.9 Å². The lowest BCUT2D eigenvalue weighted by molar-refractivity contribution is -0.283. The van der Waals surface area contributed by atoms with E-state index < -0.39 is 55.2 Å². The molecular formula is C31H32F5N3O4. The lowest BCUT2D eigenvalue weighted by Gasteiger charge is -2.27. The van der Waals surface area contributed by atoms with Crippen molar-refractivity contribution in [1.29, 1.82) is 0 Å². The van der Waals surface area contributed by atoms with Gasteiger partial charge in [-0.15, -0.1) is 0 Å². The zero-order valence-corrected chi connectivity index (χ0v) is 23.4. The molecule has 1 aliphatic carbocycles. The van der Waals surface area contributed by atoms with Crippen LogP contribution in [0.4, 0.5) is 27.6 Å². The Morgan fingerprint density at radius 2 is 1.70 bits per heavy atom. The molecule has 2 aromatic rings. The molecule has 2 aromatic carbocycles. The molecule has 0 saturated carbocycles. The number of amides is 3. The van der Waals surface area contributed by atoms with Gasteiger partial charge in [-0.05, 0) is 35.1 Å². The number of rotatable bonds is 11. The molecule has 2 aliphatic rings. The van der Waals surface area contributed by atoms with E-state index in [1.807, 2.05) is 23.5 Å². The molecule has 0 spiro atoms. The molecule has 1 aliphatic heterocycles. The average molecular weight is 606 g/mol. The van der Waals surface area contributed by atoms with E-state index in [1.54, 1.807) is 36.4 Å². The predicted octanol–water partition coefficient (Wildman–Crippen LogP) is 5.49. The van der Waals surface area contributed by atoms with Crippen molar-refractivity contribution in [2.24, 2.45) is 5.92 Å². The minimum absolute atomic E-state index is 0.163. The highest BCUT2D eigenvalue weighted by atomic mass is 19.4. The Labute approximate surface area is 245 Å². The van der Waals surface area contributed by atoms with Crippen LogP contribution in [0.1, 0.15) is 37.8 Å². The first-order chi connectivity index (χ1) is 20.4. The van der Waals surface area contributed by atoms with Gasteiger partial charge in [-0.2, -0.15) is 22.0 Å². The van der Waals surface area contributed by atoms with E-state index in [4.69, 9.17) is 4.74 Å². The van der Waals surface area contributed by atoms with Crippen molar-refractivity contribution >= 4 is 23.4 Å². The Bertz CT molecular complexity index is 1410. The molecule has 0 bridgehead atoms. The molecule has 0 radical (unpaired) electrons. The number of nitrogens with zero attached hydrogens (tertiary/aromatic N) is 1. The maximum absolute atomic E-state index is 14.0. The molecule has 0 saturated heterocycles. The molecule has 2 atom stereocenters. The van der Waals surface area contributed by atoms with Gasteiger partial charge in [-0.3, -0.25) is 14.4 Å². The first-order valence-corrected chi connectivity index (χ1v) is 13.8. The number of alkyl halides is 5. The van der Waals surface area contributed by atoms with Gasteiger partial charge in [0.15, 0.2) is 0 Å². The molecule has 0 fully saturated rings. The molecule has 0 aromatic heterocycles. The lowest BCUT2D eigenvalue weighted by Crippen LogP contribution is -2.45. The van der Waals surface area contributed by atoms with E-state index in [-0.39, 0.29) is 13.2 Å². The number of halogens is 5. The molecule has 1 heterocycles. The number of hydrogen-bond acceptors (Lipinski definition) is 4. The SMILES string of the molecule is CC1C=C(COCCN2C(=O)[C@@H](NC(=O)CC(=O)NCCC(F)(F)C(F)(F)F)c3ccccc3-c3ccccc32)C=CC1. The largest absolute Gasteiger partial charge is 0.453 e. The lowest BCUT2D eigenvalue weighted by atomic mass is 9.95. The number of para-hydroxylation sites is 1. The number of carbonyl (C=O) groups is 3. The summed E-state index contributed by atoms with van der Waals surface area (Å²) < 4.78 is 69.3. The van der Waals surface area contributed by atoms with Gasteiger partial charge in [0.25, 0.3) is 5.91 Å². The fourth-order valence-corrected chi connectivity index (χ4v) is 4.99. The number of fused-ring (bicyclic) bond motifs is 3. The molecule has 2 N–H and O–H groups in total. The maximum atomic E-state index is 14.0. The third-order valence-corrected chi connectivity index (χ3v) is 7.14. The number of benzene rings is 2. The van der Waals surface area contributed by atoms with Crippen LogP contribution in [0.25, 0.3) is 11.1 Å². The van der Waals surface area contributed by atoms with Crippen LogP contribution in [0.2, 0.25) is 0 Å². The van der Waals surface area contributed by atoms with Gasteiger partial charge >= 0.3 is 12.1 Å². The van der Waals surface area contributed by atoms with Gasteiger partial charge in [0, 0.05) is 25.1 Å². The van der Waals surface area contributed by atoms with Crippen molar-refractivity contribution < 1.29 is 41.1 Å². The average Bonchev–Trinajstić information content (AvgIpc) is 3.04. The smallest absolute Gasteiger partial charge is 0.375 e. The molecule has 7 nitrogen and oxygen atoms in total. The summed E-state index contributed by atoms with van der Waals surface area (Å²) in [5.41, 5.74) is 3.56. The highest BCUT2D eigenvalue weighted by Gasteiger charge is 2.56. The van der Waals surface area contributed by atoms with E-state index in [9.17, 15) is 36.3 Å². The van der Waals surface area contributed by atoms with Crippen molar-refractivity contribution in [3.63, 3.8) is 0 Å². The number of anilines is 1. The number of ether oxygens (including phenoxy) is 1. The number of nitrogens with one attached hydrogen (secondary N) is 2. The molecule has 4 rings (SSSR count). The number of hydrogen-bond donors (Lipinski definition) is 2. The monoisotopic (exact) mass is 605 g/mol. The second kappa shape index (κ2) is 13.5. The second-order valence-corrected chi connectivity index (χ2v) is 10.5. The van der Waals surface area contributed by atoms with Crippen molar-refractivity contribution in [1.82, 2.24) is 10.6 Å². The summed E-state index contributed by atoms with van der Waals surface area (Å²) in [5.74, 6) is -7.01. The van der Waals surface area contributed by atoms with Gasteiger partial charge < -0.3 is 20.3 Å². The molecule has 1 unspecified atom stereocenters. The maximum Gasteiger partial charge on any atom is 0.453 e. The van der Waals surface area contributed by atoms with Crippen molar-refractivity contribution in [2.45, 2.75) is 44.3 Å². The van der Waals surface area contributed by atoms with Crippen LogP contribution in [0.3, 0.4) is 0 Å².